The first-order valence-corrected chi connectivity index (χ1v) is 4.44. The summed E-state index contributed by atoms with van der Waals surface area (Å²) in [5, 5.41) is 3.96. The van der Waals surface area contributed by atoms with Crippen LogP contribution in [0.3, 0.4) is 0 Å². The van der Waals surface area contributed by atoms with Crippen molar-refractivity contribution in [3.05, 3.63) is 0 Å². The molecule has 0 aromatic heterocycles. The number of hydrogen-bond acceptors (Lipinski definition) is 2. The molecule has 0 radical (unpaired) electrons. The molecule has 0 bridgehead atoms. The van der Waals surface area contributed by atoms with E-state index in [2.05, 4.69) is 24.4 Å². The highest BCUT2D eigenvalue weighted by Crippen LogP contribution is 2.00. The fraction of sp³-hybridized carbons (Fsp3) is 0.778. The highest BCUT2D eigenvalue weighted by Gasteiger charge is 2.01. The molecule has 4 nitrogen and oxygen atoms in total. The standard InChI is InChI=1S/C9H19N3O/c1-7(2)6-8(3)10-11-9(13)12(4)5/h7H,6H2,1-5H3,(H,11,13). The maximum absolute atomic E-state index is 11.0. The van der Waals surface area contributed by atoms with Gasteiger partial charge in [-0.25, -0.2) is 10.2 Å². The first-order valence-electron chi connectivity index (χ1n) is 4.44. The summed E-state index contributed by atoms with van der Waals surface area (Å²) in [7, 11) is 3.37. The summed E-state index contributed by atoms with van der Waals surface area (Å²) in [6, 6.07) is -0.192. The lowest BCUT2D eigenvalue weighted by Crippen LogP contribution is -2.31. The lowest BCUT2D eigenvalue weighted by atomic mass is 10.1. The van der Waals surface area contributed by atoms with Crippen molar-refractivity contribution in [2.75, 3.05) is 14.1 Å². The number of hydrogen-bond donors (Lipinski definition) is 1. The molecule has 0 heterocycles. The minimum atomic E-state index is -0.192. The van der Waals surface area contributed by atoms with Gasteiger partial charge in [0.1, 0.15) is 0 Å². The van der Waals surface area contributed by atoms with E-state index >= 15 is 0 Å². The third-order valence-electron chi connectivity index (χ3n) is 1.45. The molecule has 0 atom stereocenters. The summed E-state index contributed by atoms with van der Waals surface area (Å²) in [5.74, 6) is 0.569. The SMILES string of the molecule is CC(CC(C)C)=NNC(=O)N(C)C. The Labute approximate surface area is 80.0 Å². The van der Waals surface area contributed by atoms with E-state index in [0.717, 1.165) is 12.1 Å². The second-order valence-electron chi connectivity index (χ2n) is 3.76. The van der Waals surface area contributed by atoms with E-state index < -0.39 is 0 Å². The molecular weight excluding hydrogens is 166 g/mol. The number of hydrazone groups is 1. The average molecular weight is 185 g/mol. The molecule has 0 aromatic carbocycles. The zero-order valence-electron chi connectivity index (χ0n) is 9.09. The van der Waals surface area contributed by atoms with Gasteiger partial charge in [0, 0.05) is 19.8 Å². The van der Waals surface area contributed by atoms with Crippen LogP contribution < -0.4 is 5.43 Å². The molecule has 0 saturated carbocycles. The monoisotopic (exact) mass is 185 g/mol. The van der Waals surface area contributed by atoms with Crippen LogP contribution in [0.1, 0.15) is 27.2 Å². The zero-order valence-corrected chi connectivity index (χ0v) is 9.09. The first kappa shape index (κ1) is 11.9. The number of carbonyl (C=O) groups excluding carboxylic acids is 1. The first-order chi connectivity index (χ1) is 5.93. The summed E-state index contributed by atoms with van der Waals surface area (Å²) in [6.07, 6.45) is 0.910. The molecule has 1 N–H and O–H groups in total. The number of nitrogens with one attached hydrogen (secondary N) is 1. The molecule has 0 rings (SSSR count). The molecule has 0 saturated heterocycles. The summed E-state index contributed by atoms with van der Waals surface area (Å²) < 4.78 is 0. The second kappa shape index (κ2) is 5.56. The predicted molar refractivity (Wildman–Crippen MR) is 54.8 cm³/mol. The molecule has 0 aromatic rings. The van der Waals surface area contributed by atoms with Crippen molar-refractivity contribution < 1.29 is 4.79 Å². The van der Waals surface area contributed by atoms with Crippen LogP contribution in [0.5, 0.6) is 0 Å². The Bertz CT molecular complexity index is 197. The fourth-order valence-corrected chi connectivity index (χ4v) is 0.880. The van der Waals surface area contributed by atoms with E-state index in [0.29, 0.717) is 5.92 Å². The highest BCUT2D eigenvalue weighted by molar-refractivity contribution is 5.84. The number of carbonyl (C=O) groups is 1. The third-order valence-corrected chi connectivity index (χ3v) is 1.45. The van der Waals surface area contributed by atoms with Crippen LogP contribution >= 0.6 is 0 Å². The number of amides is 2. The van der Waals surface area contributed by atoms with E-state index in [-0.39, 0.29) is 6.03 Å². The van der Waals surface area contributed by atoms with Gasteiger partial charge in [-0.05, 0) is 19.3 Å². The molecule has 0 aliphatic carbocycles. The molecule has 4 heteroatoms. The molecule has 13 heavy (non-hydrogen) atoms. The van der Waals surface area contributed by atoms with Gasteiger partial charge in [0.15, 0.2) is 0 Å². The van der Waals surface area contributed by atoms with E-state index in [1.54, 1.807) is 14.1 Å². The molecular formula is C9H19N3O. The Kier molecular flexibility index (Phi) is 5.11. The van der Waals surface area contributed by atoms with Crippen molar-refractivity contribution in [2.45, 2.75) is 27.2 Å². The van der Waals surface area contributed by atoms with Gasteiger partial charge in [0.05, 0.1) is 0 Å². The van der Waals surface area contributed by atoms with Crippen molar-refractivity contribution in [2.24, 2.45) is 11.0 Å². The number of rotatable bonds is 3. The maximum atomic E-state index is 11.0. The molecule has 76 valence electrons. The summed E-state index contributed by atoms with van der Waals surface area (Å²) in [6.45, 7) is 6.15. The Morgan fingerprint density at radius 3 is 2.38 bits per heavy atom. The van der Waals surface area contributed by atoms with Gasteiger partial charge in [-0.2, -0.15) is 5.10 Å². The van der Waals surface area contributed by atoms with Crippen molar-refractivity contribution in [3.63, 3.8) is 0 Å². The normalized spacial score (nSPS) is 11.7. The van der Waals surface area contributed by atoms with E-state index in [1.165, 1.54) is 4.90 Å². The summed E-state index contributed by atoms with van der Waals surface area (Å²) >= 11 is 0. The second-order valence-corrected chi connectivity index (χ2v) is 3.76. The van der Waals surface area contributed by atoms with Crippen LogP contribution in [0.25, 0.3) is 0 Å². The van der Waals surface area contributed by atoms with Crippen LogP contribution in [0.4, 0.5) is 4.79 Å². The van der Waals surface area contributed by atoms with Crippen LogP contribution in [0.2, 0.25) is 0 Å². The van der Waals surface area contributed by atoms with E-state index in [4.69, 9.17) is 0 Å². The zero-order chi connectivity index (χ0) is 10.4. The van der Waals surface area contributed by atoms with Crippen molar-refractivity contribution in [1.82, 2.24) is 10.3 Å². The van der Waals surface area contributed by atoms with Crippen LogP contribution in [-0.2, 0) is 0 Å². The third kappa shape index (κ3) is 6.13. The van der Waals surface area contributed by atoms with Gasteiger partial charge >= 0.3 is 6.03 Å². The van der Waals surface area contributed by atoms with Crippen LogP contribution in [0.15, 0.2) is 5.10 Å². The number of urea groups is 1. The molecule has 0 unspecified atom stereocenters. The Balaban J connectivity index is 3.90. The Morgan fingerprint density at radius 2 is 2.00 bits per heavy atom. The topological polar surface area (TPSA) is 44.7 Å². The molecule has 0 spiro atoms. The van der Waals surface area contributed by atoms with Gasteiger partial charge in [-0.3, -0.25) is 0 Å². The van der Waals surface area contributed by atoms with Crippen molar-refractivity contribution in [3.8, 4) is 0 Å². The van der Waals surface area contributed by atoms with Gasteiger partial charge in [0.25, 0.3) is 0 Å². The van der Waals surface area contributed by atoms with Crippen molar-refractivity contribution >= 4 is 11.7 Å². The quantitative estimate of drug-likeness (QED) is 0.527. The lowest BCUT2D eigenvalue weighted by molar-refractivity contribution is 0.218. The summed E-state index contributed by atoms with van der Waals surface area (Å²) in [5.41, 5.74) is 3.41. The van der Waals surface area contributed by atoms with Crippen LogP contribution in [0, 0.1) is 5.92 Å². The van der Waals surface area contributed by atoms with E-state index in [9.17, 15) is 4.79 Å². The number of nitrogens with zero attached hydrogens (tertiary/aromatic N) is 2. The van der Waals surface area contributed by atoms with Gasteiger partial charge < -0.3 is 4.90 Å². The molecule has 0 aliphatic rings. The predicted octanol–water partition coefficient (Wildman–Crippen LogP) is 1.68. The Morgan fingerprint density at radius 1 is 1.46 bits per heavy atom. The van der Waals surface area contributed by atoms with Gasteiger partial charge in [-0.1, -0.05) is 13.8 Å². The van der Waals surface area contributed by atoms with Gasteiger partial charge in [0.2, 0.25) is 0 Å². The summed E-state index contributed by atoms with van der Waals surface area (Å²) in [4.78, 5) is 12.5. The van der Waals surface area contributed by atoms with Gasteiger partial charge in [-0.15, -0.1) is 0 Å². The lowest BCUT2D eigenvalue weighted by Gasteiger charge is -2.09. The maximum Gasteiger partial charge on any atom is 0.337 e. The highest BCUT2D eigenvalue weighted by atomic mass is 16.2. The molecule has 0 aliphatic heterocycles. The van der Waals surface area contributed by atoms with Crippen LogP contribution in [-0.4, -0.2) is 30.7 Å². The Hall–Kier alpha value is -1.06. The fourth-order valence-electron chi connectivity index (χ4n) is 0.880. The average Bonchev–Trinajstić information content (AvgIpc) is 1.98. The largest absolute Gasteiger partial charge is 0.337 e. The minimum absolute atomic E-state index is 0.192. The van der Waals surface area contributed by atoms with E-state index in [1.807, 2.05) is 6.92 Å². The smallest absolute Gasteiger partial charge is 0.329 e. The molecule has 2 amide bonds. The molecule has 0 fully saturated rings. The minimum Gasteiger partial charge on any atom is -0.329 e. The van der Waals surface area contributed by atoms with Crippen molar-refractivity contribution in [1.29, 1.82) is 0 Å².